The molecule has 0 amide bonds. The maximum atomic E-state index is 4.82. The normalized spacial score (nSPS) is 21.2. The molecule has 1 saturated heterocycles. The Hall–Kier alpha value is -1.16. The van der Waals surface area contributed by atoms with Crippen molar-refractivity contribution in [2.24, 2.45) is 5.41 Å². The third-order valence-corrected chi connectivity index (χ3v) is 5.63. The van der Waals surface area contributed by atoms with Gasteiger partial charge in [0.25, 0.3) is 0 Å². The van der Waals surface area contributed by atoms with Gasteiger partial charge in [-0.3, -0.25) is 0 Å². The molecule has 2 fully saturated rings. The van der Waals surface area contributed by atoms with Gasteiger partial charge >= 0.3 is 0 Å². The Morgan fingerprint density at radius 1 is 1.32 bits per heavy atom. The molecule has 2 aromatic heterocycles. The molecule has 1 spiro atoms. The minimum atomic E-state index is 0.625. The van der Waals surface area contributed by atoms with Crippen LogP contribution in [-0.4, -0.2) is 23.1 Å². The first-order valence-corrected chi connectivity index (χ1v) is 8.17. The van der Waals surface area contributed by atoms with Crippen molar-refractivity contribution in [3.05, 3.63) is 17.3 Å². The van der Waals surface area contributed by atoms with Crippen LogP contribution >= 0.6 is 11.3 Å². The zero-order chi connectivity index (χ0) is 12.9. The van der Waals surface area contributed by atoms with Crippen LogP contribution in [0.3, 0.4) is 0 Å². The summed E-state index contributed by atoms with van der Waals surface area (Å²) >= 11 is 1.73. The SMILES string of the molecule is CCc1nc(N2CCC3(CCC3)C2)c2ccsc2n1. The third-order valence-electron chi connectivity index (χ3n) is 4.82. The van der Waals surface area contributed by atoms with Gasteiger partial charge in [0.1, 0.15) is 16.5 Å². The van der Waals surface area contributed by atoms with E-state index in [2.05, 4.69) is 28.3 Å². The van der Waals surface area contributed by atoms with Gasteiger partial charge in [-0.05, 0) is 36.1 Å². The van der Waals surface area contributed by atoms with Gasteiger partial charge in [-0.2, -0.15) is 0 Å². The van der Waals surface area contributed by atoms with Crippen molar-refractivity contribution < 1.29 is 0 Å². The van der Waals surface area contributed by atoms with Crippen LogP contribution in [0.2, 0.25) is 0 Å². The standard InChI is InChI=1S/C15H19N3S/c1-2-12-16-13(11-4-9-19-14(11)17-12)18-8-7-15(10-18)5-3-6-15/h4,9H,2-3,5-8,10H2,1H3. The molecular weight excluding hydrogens is 254 g/mol. The monoisotopic (exact) mass is 273 g/mol. The lowest BCUT2D eigenvalue weighted by atomic mass is 9.68. The predicted octanol–water partition coefficient (Wildman–Crippen LogP) is 3.63. The summed E-state index contributed by atoms with van der Waals surface area (Å²) in [5.41, 5.74) is 0.625. The number of anilines is 1. The van der Waals surface area contributed by atoms with Crippen molar-refractivity contribution in [2.75, 3.05) is 18.0 Å². The Morgan fingerprint density at radius 2 is 2.21 bits per heavy atom. The summed E-state index contributed by atoms with van der Waals surface area (Å²) in [6.45, 7) is 4.51. The Kier molecular flexibility index (Phi) is 2.56. The maximum absolute atomic E-state index is 4.82. The Balaban J connectivity index is 1.75. The molecule has 0 unspecified atom stereocenters. The summed E-state index contributed by atoms with van der Waals surface area (Å²) in [5.74, 6) is 2.17. The smallest absolute Gasteiger partial charge is 0.141 e. The number of hydrogen-bond donors (Lipinski definition) is 0. The van der Waals surface area contributed by atoms with E-state index in [4.69, 9.17) is 4.98 Å². The first kappa shape index (κ1) is 11.6. The number of fused-ring (bicyclic) bond motifs is 1. The van der Waals surface area contributed by atoms with E-state index < -0.39 is 0 Å². The Morgan fingerprint density at radius 3 is 2.89 bits per heavy atom. The highest BCUT2D eigenvalue weighted by Gasteiger charge is 2.43. The molecule has 1 saturated carbocycles. The highest BCUT2D eigenvalue weighted by atomic mass is 32.1. The van der Waals surface area contributed by atoms with Gasteiger partial charge < -0.3 is 4.90 Å². The molecule has 3 nitrogen and oxygen atoms in total. The minimum absolute atomic E-state index is 0.625. The molecule has 0 N–H and O–H groups in total. The number of rotatable bonds is 2. The Bertz CT molecular complexity index is 615. The fraction of sp³-hybridized carbons (Fsp3) is 0.600. The lowest BCUT2D eigenvalue weighted by Gasteiger charge is -2.38. The molecule has 2 aliphatic rings. The molecule has 0 aromatic carbocycles. The van der Waals surface area contributed by atoms with Gasteiger partial charge in [-0.15, -0.1) is 11.3 Å². The van der Waals surface area contributed by atoms with Crippen molar-refractivity contribution in [3.63, 3.8) is 0 Å². The molecule has 4 rings (SSSR count). The van der Waals surface area contributed by atoms with Crippen LogP contribution in [0.5, 0.6) is 0 Å². The lowest BCUT2D eigenvalue weighted by Crippen LogP contribution is -2.33. The lowest BCUT2D eigenvalue weighted by molar-refractivity contribution is 0.165. The van der Waals surface area contributed by atoms with Gasteiger partial charge in [0.05, 0.1) is 5.39 Å². The minimum Gasteiger partial charge on any atom is -0.355 e. The second-order valence-corrected chi connectivity index (χ2v) is 6.88. The number of nitrogens with zero attached hydrogens (tertiary/aromatic N) is 3. The molecule has 0 atom stereocenters. The van der Waals surface area contributed by atoms with Gasteiger partial charge in [-0.1, -0.05) is 13.3 Å². The van der Waals surface area contributed by atoms with E-state index in [-0.39, 0.29) is 0 Å². The van der Waals surface area contributed by atoms with Crippen molar-refractivity contribution >= 4 is 27.4 Å². The second-order valence-electron chi connectivity index (χ2n) is 5.98. The highest BCUT2D eigenvalue weighted by molar-refractivity contribution is 7.16. The first-order chi connectivity index (χ1) is 9.30. The van der Waals surface area contributed by atoms with E-state index in [9.17, 15) is 0 Å². The van der Waals surface area contributed by atoms with E-state index in [0.717, 1.165) is 17.1 Å². The summed E-state index contributed by atoms with van der Waals surface area (Å²) < 4.78 is 0. The summed E-state index contributed by atoms with van der Waals surface area (Å²) in [6.07, 6.45) is 6.53. The van der Waals surface area contributed by atoms with E-state index in [1.54, 1.807) is 11.3 Å². The van der Waals surface area contributed by atoms with E-state index in [0.29, 0.717) is 5.41 Å². The Labute approximate surface area is 117 Å². The van der Waals surface area contributed by atoms with Gasteiger partial charge in [0, 0.05) is 19.5 Å². The average Bonchev–Trinajstić information content (AvgIpc) is 3.03. The van der Waals surface area contributed by atoms with Gasteiger partial charge in [-0.25, -0.2) is 9.97 Å². The van der Waals surface area contributed by atoms with Crippen LogP contribution in [0.25, 0.3) is 10.2 Å². The zero-order valence-electron chi connectivity index (χ0n) is 11.4. The summed E-state index contributed by atoms with van der Waals surface area (Å²) in [5, 5.41) is 3.39. The van der Waals surface area contributed by atoms with E-state index in [1.807, 2.05) is 0 Å². The topological polar surface area (TPSA) is 29.0 Å². The predicted molar refractivity (Wildman–Crippen MR) is 79.9 cm³/mol. The van der Waals surface area contributed by atoms with Crippen molar-refractivity contribution in [2.45, 2.75) is 39.0 Å². The fourth-order valence-electron chi connectivity index (χ4n) is 3.48. The molecule has 4 heteroatoms. The van der Waals surface area contributed by atoms with Crippen LogP contribution < -0.4 is 4.90 Å². The van der Waals surface area contributed by atoms with E-state index in [1.165, 1.54) is 50.0 Å². The molecule has 19 heavy (non-hydrogen) atoms. The van der Waals surface area contributed by atoms with Crippen molar-refractivity contribution in [1.29, 1.82) is 0 Å². The molecular formula is C15H19N3S. The molecule has 1 aliphatic heterocycles. The molecule has 1 aliphatic carbocycles. The fourth-order valence-corrected chi connectivity index (χ4v) is 4.26. The summed E-state index contributed by atoms with van der Waals surface area (Å²) in [7, 11) is 0. The molecule has 2 aromatic rings. The zero-order valence-corrected chi connectivity index (χ0v) is 12.2. The van der Waals surface area contributed by atoms with Gasteiger partial charge in [0.15, 0.2) is 0 Å². The third kappa shape index (κ3) is 1.76. The second kappa shape index (κ2) is 4.17. The molecule has 100 valence electrons. The van der Waals surface area contributed by atoms with Crippen LogP contribution in [0.1, 0.15) is 38.4 Å². The summed E-state index contributed by atoms with van der Waals surface area (Å²) in [6, 6.07) is 2.18. The number of aryl methyl sites for hydroxylation is 1. The molecule has 3 heterocycles. The van der Waals surface area contributed by atoms with Crippen molar-refractivity contribution in [3.8, 4) is 0 Å². The quantitative estimate of drug-likeness (QED) is 0.836. The van der Waals surface area contributed by atoms with Crippen molar-refractivity contribution in [1.82, 2.24) is 9.97 Å². The van der Waals surface area contributed by atoms with E-state index >= 15 is 0 Å². The number of aromatic nitrogens is 2. The molecule has 0 radical (unpaired) electrons. The average molecular weight is 273 g/mol. The molecule has 0 bridgehead atoms. The first-order valence-electron chi connectivity index (χ1n) is 7.29. The largest absolute Gasteiger partial charge is 0.355 e. The number of thiophene rings is 1. The highest BCUT2D eigenvalue weighted by Crippen LogP contribution is 2.49. The number of hydrogen-bond acceptors (Lipinski definition) is 4. The van der Waals surface area contributed by atoms with Gasteiger partial charge in [0.2, 0.25) is 0 Å². The maximum Gasteiger partial charge on any atom is 0.141 e. The summed E-state index contributed by atoms with van der Waals surface area (Å²) in [4.78, 5) is 13.1. The van der Waals surface area contributed by atoms with Crippen LogP contribution in [-0.2, 0) is 6.42 Å². The van der Waals surface area contributed by atoms with Crippen LogP contribution in [0.4, 0.5) is 5.82 Å². The van der Waals surface area contributed by atoms with Crippen LogP contribution in [0.15, 0.2) is 11.4 Å². The van der Waals surface area contributed by atoms with Crippen LogP contribution in [0, 0.1) is 5.41 Å².